The van der Waals surface area contributed by atoms with Crippen molar-refractivity contribution in [1.29, 1.82) is 0 Å². The highest BCUT2D eigenvalue weighted by Gasteiger charge is 2.28. The third-order valence-corrected chi connectivity index (χ3v) is 5.59. The van der Waals surface area contributed by atoms with Gasteiger partial charge in [-0.25, -0.2) is 4.98 Å². The molecule has 4 aromatic rings. The molecule has 0 aliphatic carbocycles. The molecule has 29 heavy (non-hydrogen) atoms. The van der Waals surface area contributed by atoms with Gasteiger partial charge in [-0.2, -0.15) is 0 Å². The van der Waals surface area contributed by atoms with Crippen LogP contribution in [-0.2, 0) is 11.2 Å². The number of aromatic nitrogens is 4. The number of pyridine rings is 1. The number of fused-ring (bicyclic) bond motifs is 2. The summed E-state index contributed by atoms with van der Waals surface area (Å²) in [5, 5.41) is 12.9. The number of rotatable bonds is 5. The summed E-state index contributed by atoms with van der Waals surface area (Å²) < 4.78 is 2.88. The number of carbonyl (C=O) groups excluding carboxylic acids is 1. The van der Waals surface area contributed by atoms with Crippen molar-refractivity contribution in [3.05, 3.63) is 58.4 Å². The molecule has 1 aromatic carbocycles. The molecule has 7 nitrogen and oxygen atoms in total. The summed E-state index contributed by atoms with van der Waals surface area (Å²) in [6.45, 7) is 3.33. The van der Waals surface area contributed by atoms with E-state index in [0.717, 1.165) is 15.2 Å². The smallest absolute Gasteiger partial charge is 0.240 e. The summed E-state index contributed by atoms with van der Waals surface area (Å²) in [6.07, 6.45) is 2.20. The largest absolute Gasteiger partial charge is 0.344 e. The van der Waals surface area contributed by atoms with Crippen molar-refractivity contribution < 1.29 is 4.79 Å². The minimum absolute atomic E-state index is 0. The van der Waals surface area contributed by atoms with Gasteiger partial charge < -0.3 is 11.1 Å². The first kappa shape index (κ1) is 21.2. The summed E-state index contributed by atoms with van der Waals surface area (Å²) in [7, 11) is 0. The average molecular weight is 431 g/mol. The van der Waals surface area contributed by atoms with Crippen molar-refractivity contribution >= 4 is 44.7 Å². The molecule has 0 saturated carbocycles. The Kier molecular flexibility index (Phi) is 5.88. The van der Waals surface area contributed by atoms with Crippen molar-refractivity contribution in [2.75, 3.05) is 0 Å². The normalized spacial score (nSPS) is 12.7. The molecular weight excluding hydrogens is 408 g/mol. The molecule has 0 bridgehead atoms. The van der Waals surface area contributed by atoms with E-state index in [-0.39, 0.29) is 13.3 Å². The minimum Gasteiger partial charge on any atom is -0.344 e. The van der Waals surface area contributed by atoms with Gasteiger partial charge in [-0.15, -0.1) is 21.5 Å². The molecule has 0 spiro atoms. The first-order valence-corrected chi connectivity index (χ1v) is 9.95. The van der Waals surface area contributed by atoms with Gasteiger partial charge in [-0.1, -0.05) is 31.2 Å². The Balaban J connectivity index is 0.00000240. The van der Waals surface area contributed by atoms with Gasteiger partial charge in [-0.3, -0.25) is 9.20 Å². The van der Waals surface area contributed by atoms with Crippen molar-refractivity contribution in [2.24, 2.45) is 5.73 Å². The van der Waals surface area contributed by atoms with E-state index in [1.165, 1.54) is 0 Å². The molecule has 0 aliphatic heterocycles. The number of carbonyl (C=O) groups is 1. The maximum atomic E-state index is 12.6. The molecule has 3 aromatic heterocycles. The van der Waals surface area contributed by atoms with Gasteiger partial charge in [0.25, 0.3) is 0 Å². The average Bonchev–Trinajstić information content (AvgIpc) is 3.23. The number of nitrogens with one attached hydrogen (secondary N) is 1. The van der Waals surface area contributed by atoms with Crippen LogP contribution in [0.1, 0.15) is 38.1 Å². The van der Waals surface area contributed by atoms with Crippen LogP contribution in [0.5, 0.6) is 0 Å². The van der Waals surface area contributed by atoms with E-state index >= 15 is 0 Å². The first-order valence-electron chi connectivity index (χ1n) is 8.76. The molecule has 1 amide bonds. The van der Waals surface area contributed by atoms with Gasteiger partial charge in [0.15, 0.2) is 11.5 Å². The van der Waals surface area contributed by atoms with Crippen molar-refractivity contribution in [3.8, 4) is 0 Å². The van der Waals surface area contributed by atoms with E-state index in [0.29, 0.717) is 22.9 Å². The predicted octanol–water partition coefficient (Wildman–Crippen LogP) is 3.77. The lowest BCUT2D eigenvalue weighted by Gasteiger charge is -2.23. The predicted molar refractivity (Wildman–Crippen MR) is 117 cm³/mol. The number of amides is 1. The Labute approximate surface area is 177 Å². The Morgan fingerprint density at radius 1 is 1.28 bits per heavy atom. The van der Waals surface area contributed by atoms with Crippen LogP contribution in [0.15, 0.2) is 42.6 Å². The standard InChI is InChI=1S/C19H19ClN6OS.CH4/c1-19(2,21)18(27)23-13(9-16-22-12-5-3-4-6-14(12)28-16)17-25-24-15-8-7-11(20)10-26(15)17;/h3-8,10,13H,9,21H2,1-2H3,(H,23,27);1H4/t13-;/m1./s1. The van der Waals surface area contributed by atoms with Gasteiger partial charge >= 0.3 is 0 Å². The lowest BCUT2D eigenvalue weighted by molar-refractivity contribution is -0.126. The zero-order chi connectivity index (χ0) is 19.9. The van der Waals surface area contributed by atoms with Gasteiger partial charge in [0.1, 0.15) is 0 Å². The van der Waals surface area contributed by atoms with Crippen molar-refractivity contribution in [2.45, 2.75) is 39.3 Å². The van der Waals surface area contributed by atoms with Crippen LogP contribution in [0.25, 0.3) is 15.9 Å². The second-order valence-corrected chi connectivity index (χ2v) is 8.71. The van der Waals surface area contributed by atoms with Crippen molar-refractivity contribution in [3.63, 3.8) is 0 Å². The van der Waals surface area contributed by atoms with Crippen LogP contribution in [-0.4, -0.2) is 31.0 Å². The fourth-order valence-corrected chi connectivity index (χ4v) is 4.03. The Morgan fingerprint density at radius 3 is 2.76 bits per heavy atom. The highest BCUT2D eigenvalue weighted by Crippen LogP contribution is 2.26. The number of hydrogen-bond acceptors (Lipinski definition) is 6. The van der Waals surface area contributed by atoms with E-state index < -0.39 is 11.6 Å². The molecule has 152 valence electrons. The van der Waals surface area contributed by atoms with Crippen molar-refractivity contribution in [1.82, 2.24) is 24.9 Å². The molecule has 0 aliphatic rings. The monoisotopic (exact) mass is 430 g/mol. The summed E-state index contributed by atoms with van der Waals surface area (Å²) >= 11 is 7.74. The van der Waals surface area contributed by atoms with Gasteiger partial charge in [0.05, 0.1) is 31.8 Å². The first-order chi connectivity index (χ1) is 13.3. The molecule has 0 radical (unpaired) electrons. The SMILES string of the molecule is C.CC(C)(N)C(=O)N[C@H](Cc1nc2ccccc2s1)c1nnc2ccc(Cl)cn12. The molecule has 3 N–H and O–H groups in total. The lowest BCUT2D eigenvalue weighted by atomic mass is 10.0. The highest BCUT2D eigenvalue weighted by molar-refractivity contribution is 7.18. The molecule has 4 rings (SSSR count). The number of halogens is 1. The van der Waals surface area contributed by atoms with E-state index in [1.807, 2.05) is 24.3 Å². The van der Waals surface area contributed by atoms with Crippen LogP contribution in [0, 0.1) is 0 Å². The maximum absolute atomic E-state index is 12.6. The van der Waals surface area contributed by atoms with E-state index in [1.54, 1.807) is 47.9 Å². The van der Waals surface area contributed by atoms with E-state index in [2.05, 4.69) is 20.5 Å². The third kappa shape index (κ3) is 4.39. The van der Waals surface area contributed by atoms with Gasteiger partial charge in [0.2, 0.25) is 5.91 Å². The fourth-order valence-electron chi connectivity index (χ4n) is 2.85. The van der Waals surface area contributed by atoms with Crippen LogP contribution in [0.4, 0.5) is 0 Å². The summed E-state index contributed by atoms with van der Waals surface area (Å²) in [4.78, 5) is 17.3. The molecule has 3 heterocycles. The summed E-state index contributed by atoms with van der Waals surface area (Å²) in [5.41, 5.74) is 6.54. The molecule has 9 heteroatoms. The number of para-hydroxylation sites is 1. The maximum Gasteiger partial charge on any atom is 0.240 e. The zero-order valence-corrected chi connectivity index (χ0v) is 17.0. The fraction of sp³-hybridized carbons (Fsp3) is 0.300. The second-order valence-electron chi connectivity index (χ2n) is 7.16. The Bertz CT molecular complexity index is 1130. The number of nitrogens with two attached hydrogens (primary N) is 1. The molecule has 0 saturated heterocycles. The number of benzene rings is 1. The van der Waals surface area contributed by atoms with Crippen LogP contribution in [0.3, 0.4) is 0 Å². The van der Waals surface area contributed by atoms with Crippen LogP contribution >= 0.6 is 22.9 Å². The van der Waals surface area contributed by atoms with Gasteiger partial charge in [0, 0.05) is 12.6 Å². The van der Waals surface area contributed by atoms with Crippen LogP contribution in [0.2, 0.25) is 5.02 Å². The third-order valence-electron chi connectivity index (χ3n) is 4.31. The van der Waals surface area contributed by atoms with Crippen LogP contribution < -0.4 is 11.1 Å². The van der Waals surface area contributed by atoms with E-state index in [9.17, 15) is 4.79 Å². The molecular formula is C20H23ClN6OS. The van der Waals surface area contributed by atoms with E-state index in [4.69, 9.17) is 17.3 Å². The quantitative estimate of drug-likeness (QED) is 0.502. The zero-order valence-electron chi connectivity index (χ0n) is 15.4. The summed E-state index contributed by atoms with van der Waals surface area (Å²) in [5.74, 6) is 0.298. The second kappa shape index (κ2) is 8.06. The molecule has 0 fully saturated rings. The minimum atomic E-state index is -1.02. The number of hydrogen-bond donors (Lipinski definition) is 2. The Morgan fingerprint density at radius 2 is 2.03 bits per heavy atom. The summed E-state index contributed by atoms with van der Waals surface area (Å²) in [6, 6.07) is 11.0. The Hall–Kier alpha value is -2.55. The topological polar surface area (TPSA) is 98.2 Å². The highest BCUT2D eigenvalue weighted by atomic mass is 35.5. The van der Waals surface area contributed by atoms with Gasteiger partial charge in [-0.05, 0) is 38.1 Å². The molecule has 1 atom stereocenters. The number of thiazole rings is 1. The number of nitrogens with zero attached hydrogens (tertiary/aromatic N) is 4. The lowest BCUT2D eigenvalue weighted by Crippen LogP contribution is -2.50. The molecule has 0 unspecified atom stereocenters.